The Kier molecular flexibility index (Phi) is 5.09. The van der Waals surface area contributed by atoms with E-state index < -0.39 is 0 Å². The van der Waals surface area contributed by atoms with Crippen LogP contribution in [-0.4, -0.2) is 16.8 Å². The molecule has 1 aromatic carbocycles. The van der Waals surface area contributed by atoms with Crippen molar-refractivity contribution in [1.82, 2.24) is 0 Å². The summed E-state index contributed by atoms with van der Waals surface area (Å²) in [6, 6.07) is 4.20. The van der Waals surface area contributed by atoms with Crippen LogP contribution in [0.2, 0.25) is 0 Å². The average Bonchev–Trinajstić information content (AvgIpc) is 2.41. The highest BCUT2D eigenvalue weighted by molar-refractivity contribution is 8.00. The van der Waals surface area contributed by atoms with Gasteiger partial charge in [-0.15, -0.1) is 0 Å². The van der Waals surface area contributed by atoms with Crippen molar-refractivity contribution >= 4 is 17.5 Å². The molecule has 0 radical (unpaired) electrons. The van der Waals surface area contributed by atoms with Crippen LogP contribution >= 0.6 is 11.8 Å². The van der Waals surface area contributed by atoms with Crippen molar-refractivity contribution in [3.63, 3.8) is 0 Å². The van der Waals surface area contributed by atoms with Crippen LogP contribution in [0, 0.1) is 20.8 Å². The molecular formula is C17H24OS. The van der Waals surface area contributed by atoms with E-state index in [0.29, 0.717) is 16.8 Å². The molecule has 1 nitrogen and oxygen atoms in total. The van der Waals surface area contributed by atoms with Gasteiger partial charge >= 0.3 is 0 Å². The van der Waals surface area contributed by atoms with Gasteiger partial charge in [-0.05, 0) is 56.4 Å². The van der Waals surface area contributed by atoms with Gasteiger partial charge in [-0.25, -0.2) is 0 Å². The smallest absolute Gasteiger partial charge is 0.173 e. The molecule has 0 amide bonds. The van der Waals surface area contributed by atoms with Crippen molar-refractivity contribution in [2.45, 2.75) is 58.1 Å². The first-order valence-corrected chi connectivity index (χ1v) is 8.35. The average molecular weight is 276 g/mol. The highest BCUT2D eigenvalue weighted by atomic mass is 32.2. The Hall–Kier alpha value is -0.760. The van der Waals surface area contributed by atoms with Gasteiger partial charge in [0.15, 0.2) is 5.78 Å². The molecule has 0 heterocycles. The molecule has 1 fully saturated rings. The first kappa shape index (κ1) is 14.6. The summed E-state index contributed by atoms with van der Waals surface area (Å²) < 4.78 is 0. The lowest BCUT2D eigenvalue weighted by molar-refractivity contribution is 0.102. The van der Waals surface area contributed by atoms with Crippen LogP contribution < -0.4 is 0 Å². The van der Waals surface area contributed by atoms with Crippen molar-refractivity contribution < 1.29 is 4.79 Å². The van der Waals surface area contributed by atoms with Gasteiger partial charge in [0.05, 0.1) is 5.75 Å². The second-order valence-electron chi connectivity index (χ2n) is 5.75. The largest absolute Gasteiger partial charge is 0.293 e. The lowest BCUT2D eigenvalue weighted by Crippen LogP contribution is -2.13. The topological polar surface area (TPSA) is 17.1 Å². The molecule has 0 atom stereocenters. The van der Waals surface area contributed by atoms with Gasteiger partial charge in [0, 0.05) is 10.8 Å². The van der Waals surface area contributed by atoms with E-state index in [1.165, 1.54) is 43.2 Å². The summed E-state index contributed by atoms with van der Waals surface area (Å²) in [5.41, 5.74) is 4.54. The Balaban J connectivity index is 1.97. The normalized spacial score (nSPS) is 16.6. The molecular weight excluding hydrogens is 252 g/mol. The molecule has 0 saturated heterocycles. The third-order valence-corrected chi connectivity index (χ3v) is 5.52. The summed E-state index contributed by atoms with van der Waals surface area (Å²) in [7, 11) is 0. The van der Waals surface area contributed by atoms with Crippen LogP contribution in [0.15, 0.2) is 12.1 Å². The van der Waals surface area contributed by atoms with Crippen LogP contribution in [0.1, 0.15) is 59.2 Å². The molecule has 19 heavy (non-hydrogen) atoms. The van der Waals surface area contributed by atoms with E-state index in [1.807, 2.05) is 18.7 Å². The SMILES string of the molecule is Cc1cc(C)c(C(=O)CSC2CCCCC2)cc1C. The Morgan fingerprint density at radius 3 is 2.37 bits per heavy atom. The summed E-state index contributed by atoms with van der Waals surface area (Å²) in [4.78, 5) is 12.4. The fourth-order valence-electron chi connectivity index (χ4n) is 2.76. The number of hydrogen-bond donors (Lipinski definition) is 0. The van der Waals surface area contributed by atoms with Gasteiger partial charge in [-0.3, -0.25) is 4.79 Å². The van der Waals surface area contributed by atoms with Crippen molar-refractivity contribution in [3.8, 4) is 0 Å². The number of carbonyl (C=O) groups excluding carboxylic acids is 1. The number of carbonyl (C=O) groups is 1. The van der Waals surface area contributed by atoms with E-state index in [4.69, 9.17) is 0 Å². The highest BCUT2D eigenvalue weighted by Gasteiger charge is 2.17. The second-order valence-corrected chi connectivity index (χ2v) is 7.03. The zero-order valence-electron chi connectivity index (χ0n) is 12.3. The molecule has 2 rings (SSSR count). The lowest BCUT2D eigenvalue weighted by atomic mass is 9.99. The van der Waals surface area contributed by atoms with E-state index in [0.717, 1.165) is 11.1 Å². The van der Waals surface area contributed by atoms with E-state index in [2.05, 4.69) is 26.0 Å². The molecule has 1 aromatic rings. The Bertz CT molecular complexity index is 459. The Morgan fingerprint density at radius 1 is 1.05 bits per heavy atom. The molecule has 0 spiro atoms. The number of Topliss-reactive ketones (excluding diaryl/α,β-unsaturated/α-hetero) is 1. The molecule has 104 valence electrons. The minimum absolute atomic E-state index is 0.302. The highest BCUT2D eigenvalue weighted by Crippen LogP contribution is 2.29. The maximum absolute atomic E-state index is 12.4. The van der Waals surface area contributed by atoms with Crippen molar-refractivity contribution in [2.75, 3.05) is 5.75 Å². The van der Waals surface area contributed by atoms with Gasteiger partial charge in [-0.1, -0.05) is 25.3 Å². The number of thioether (sulfide) groups is 1. The van der Waals surface area contributed by atoms with Crippen LogP contribution in [0.25, 0.3) is 0 Å². The van der Waals surface area contributed by atoms with E-state index in [9.17, 15) is 4.79 Å². The van der Waals surface area contributed by atoms with Crippen LogP contribution in [0.5, 0.6) is 0 Å². The number of aryl methyl sites for hydroxylation is 3. The molecule has 1 aliphatic carbocycles. The summed E-state index contributed by atoms with van der Waals surface area (Å²) in [6.45, 7) is 6.23. The Labute approximate surface area is 121 Å². The molecule has 0 unspecified atom stereocenters. The molecule has 0 aromatic heterocycles. The van der Waals surface area contributed by atoms with Crippen LogP contribution in [0.3, 0.4) is 0 Å². The zero-order valence-corrected chi connectivity index (χ0v) is 13.1. The standard InChI is InChI=1S/C17H24OS/c1-12-9-14(3)16(10-13(12)2)17(18)11-19-15-7-5-4-6-8-15/h9-10,15H,4-8,11H2,1-3H3. The van der Waals surface area contributed by atoms with Gasteiger partial charge in [0.2, 0.25) is 0 Å². The molecule has 1 aliphatic rings. The summed E-state index contributed by atoms with van der Waals surface area (Å²) in [5.74, 6) is 0.949. The maximum Gasteiger partial charge on any atom is 0.173 e. The van der Waals surface area contributed by atoms with Gasteiger partial charge in [0.25, 0.3) is 0 Å². The molecule has 2 heteroatoms. The number of benzene rings is 1. The van der Waals surface area contributed by atoms with Crippen molar-refractivity contribution in [3.05, 3.63) is 34.4 Å². The summed E-state index contributed by atoms with van der Waals surface area (Å²) in [5, 5.41) is 0.713. The van der Waals surface area contributed by atoms with Gasteiger partial charge in [0.1, 0.15) is 0 Å². The molecule has 0 N–H and O–H groups in total. The molecule has 0 aliphatic heterocycles. The van der Waals surface area contributed by atoms with E-state index >= 15 is 0 Å². The summed E-state index contributed by atoms with van der Waals surface area (Å²) >= 11 is 1.87. The van der Waals surface area contributed by atoms with E-state index in [-0.39, 0.29) is 0 Å². The van der Waals surface area contributed by atoms with Crippen molar-refractivity contribution in [1.29, 1.82) is 0 Å². The van der Waals surface area contributed by atoms with Gasteiger partial charge < -0.3 is 0 Å². The Morgan fingerprint density at radius 2 is 1.68 bits per heavy atom. The van der Waals surface area contributed by atoms with Crippen molar-refractivity contribution in [2.24, 2.45) is 0 Å². The van der Waals surface area contributed by atoms with Crippen LogP contribution in [0.4, 0.5) is 0 Å². The fourth-order valence-corrected chi connectivity index (χ4v) is 3.97. The van der Waals surface area contributed by atoms with E-state index in [1.54, 1.807) is 0 Å². The summed E-state index contributed by atoms with van der Waals surface area (Å²) in [6.07, 6.45) is 6.65. The second kappa shape index (κ2) is 6.60. The number of ketones is 1. The third-order valence-electron chi connectivity index (χ3n) is 4.14. The maximum atomic E-state index is 12.4. The number of hydrogen-bond acceptors (Lipinski definition) is 2. The third kappa shape index (κ3) is 3.85. The first-order valence-electron chi connectivity index (χ1n) is 7.30. The van der Waals surface area contributed by atoms with Gasteiger partial charge in [-0.2, -0.15) is 11.8 Å². The quantitative estimate of drug-likeness (QED) is 0.730. The molecule has 0 bridgehead atoms. The van der Waals surface area contributed by atoms with Crippen LogP contribution in [-0.2, 0) is 0 Å². The monoisotopic (exact) mass is 276 g/mol. The minimum Gasteiger partial charge on any atom is -0.293 e. The predicted octanol–water partition coefficient (Wildman–Crippen LogP) is 4.86. The predicted molar refractivity (Wildman–Crippen MR) is 84.3 cm³/mol. The fraction of sp³-hybridized carbons (Fsp3) is 0.588. The number of rotatable bonds is 4. The molecule has 1 saturated carbocycles. The minimum atomic E-state index is 0.302. The zero-order chi connectivity index (χ0) is 13.8. The first-order chi connectivity index (χ1) is 9.08. The lowest BCUT2D eigenvalue weighted by Gasteiger charge is -2.20.